The second-order valence-corrected chi connectivity index (χ2v) is 6.52. The summed E-state index contributed by atoms with van der Waals surface area (Å²) in [6.07, 6.45) is 1.11. The molecule has 0 bridgehead atoms. The number of carbonyl (C=O) groups is 1. The van der Waals surface area contributed by atoms with Crippen LogP contribution in [0.15, 0.2) is 53.5 Å². The summed E-state index contributed by atoms with van der Waals surface area (Å²) in [5, 5.41) is 9.33. The van der Waals surface area contributed by atoms with Gasteiger partial charge < -0.3 is 16.0 Å². The summed E-state index contributed by atoms with van der Waals surface area (Å²) in [5.41, 5.74) is 3.12. The summed E-state index contributed by atoms with van der Waals surface area (Å²) in [7, 11) is 0. The van der Waals surface area contributed by atoms with Gasteiger partial charge in [-0.3, -0.25) is 9.79 Å². The number of guanidine groups is 1. The van der Waals surface area contributed by atoms with Crippen LogP contribution in [0.5, 0.6) is 0 Å². The van der Waals surface area contributed by atoms with E-state index in [0.29, 0.717) is 32.0 Å². The van der Waals surface area contributed by atoms with E-state index in [0.717, 1.165) is 29.7 Å². The molecule has 2 aromatic carbocycles. The zero-order valence-electron chi connectivity index (χ0n) is 17.0. The van der Waals surface area contributed by atoms with Gasteiger partial charge in [0.2, 0.25) is 5.91 Å². The van der Waals surface area contributed by atoms with Crippen LogP contribution in [0.1, 0.15) is 30.0 Å². The number of aliphatic imine (C=N–C) groups is 1. The third-order valence-corrected chi connectivity index (χ3v) is 4.28. The fourth-order valence-electron chi connectivity index (χ4n) is 2.75. The molecule has 0 fully saturated rings. The van der Waals surface area contributed by atoms with E-state index in [1.807, 2.05) is 50.2 Å². The Hall–Kier alpha value is -2.16. The molecule has 0 spiro atoms. The first-order valence-corrected chi connectivity index (χ1v) is 9.66. The van der Waals surface area contributed by atoms with Gasteiger partial charge in [-0.05, 0) is 49.1 Å². The van der Waals surface area contributed by atoms with Gasteiger partial charge in [0.15, 0.2) is 5.96 Å². The minimum absolute atomic E-state index is 0. The van der Waals surface area contributed by atoms with Crippen LogP contribution in [0, 0.1) is 12.7 Å². The molecule has 0 aromatic heterocycles. The maximum absolute atomic E-state index is 13.2. The number of nitrogens with one attached hydrogen (secondary N) is 3. The molecule has 0 saturated heterocycles. The number of rotatable bonds is 9. The molecular weight excluding hydrogens is 482 g/mol. The second kappa shape index (κ2) is 13.9. The molecule has 1 amide bonds. The molecule has 0 aliphatic heterocycles. The first kappa shape index (κ1) is 24.9. The number of nitrogens with zero attached hydrogens (tertiary/aromatic N) is 1. The third-order valence-electron chi connectivity index (χ3n) is 4.28. The molecule has 0 aliphatic carbocycles. The Kier molecular flexibility index (Phi) is 11.9. The molecule has 2 aromatic rings. The Balaban J connectivity index is 0.00000420. The lowest BCUT2D eigenvalue weighted by molar-refractivity contribution is -0.121. The van der Waals surface area contributed by atoms with E-state index in [9.17, 15) is 9.18 Å². The van der Waals surface area contributed by atoms with E-state index in [2.05, 4.69) is 20.9 Å². The molecule has 0 atom stereocenters. The molecule has 0 heterocycles. The number of carbonyl (C=O) groups excluding carboxylic acids is 1. The number of hydrogen-bond donors (Lipinski definition) is 3. The largest absolute Gasteiger partial charge is 0.357 e. The third kappa shape index (κ3) is 9.74. The lowest BCUT2D eigenvalue weighted by Gasteiger charge is -2.12. The lowest BCUT2D eigenvalue weighted by Crippen LogP contribution is -2.38. The van der Waals surface area contributed by atoms with Gasteiger partial charge in [-0.2, -0.15) is 0 Å². The van der Waals surface area contributed by atoms with Crippen molar-refractivity contribution in [2.24, 2.45) is 4.99 Å². The minimum Gasteiger partial charge on any atom is -0.357 e. The topological polar surface area (TPSA) is 65.5 Å². The quantitative estimate of drug-likeness (QED) is 0.274. The second-order valence-electron chi connectivity index (χ2n) is 6.52. The van der Waals surface area contributed by atoms with Crippen molar-refractivity contribution in [2.45, 2.75) is 33.2 Å². The maximum Gasteiger partial charge on any atom is 0.222 e. The van der Waals surface area contributed by atoms with Gasteiger partial charge in [-0.1, -0.05) is 36.4 Å². The predicted molar refractivity (Wildman–Crippen MR) is 127 cm³/mol. The summed E-state index contributed by atoms with van der Waals surface area (Å²) in [6.45, 7) is 6.25. The van der Waals surface area contributed by atoms with Crippen molar-refractivity contribution >= 4 is 35.8 Å². The van der Waals surface area contributed by atoms with Crippen molar-refractivity contribution in [3.05, 3.63) is 71.0 Å². The van der Waals surface area contributed by atoms with Gasteiger partial charge in [0.05, 0.1) is 6.54 Å². The van der Waals surface area contributed by atoms with E-state index in [-0.39, 0.29) is 35.7 Å². The van der Waals surface area contributed by atoms with Gasteiger partial charge in [0, 0.05) is 26.1 Å². The molecule has 3 N–H and O–H groups in total. The van der Waals surface area contributed by atoms with Gasteiger partial charge >= 0.3 is 0 Å². The van der Waals surface area contributed by atoms with Gasteiger partial charge in [-0.15, -0.1) is 24.0 Å². The normalized spacial score (nSPS) is 10.8. The average molecular weight is 512 g/mol. The minimum atomic E-state index is -0.213. The number of halogens is 2. The van der Waals surface area contributed by atoms with Crippen LogP contribution in [0.25, 0.3) is 0 Å². The van der Waals surface area contributed by atoms with Crippen LogP contribution < -0.4 is 16.0 Å². The lowest BCUT2D eigenvalue weighted by atomic mass is 10.1. The van der Waals surface area contributed by atoms with Crippen LogP contribution in [-0.2, 0) is 17.8 Å². The Bertz CT molecular complexity index is 784. The van der Waals surface area contributed by atoms with Crippen molar-refractivity contribution in [2.75, 3.05) is 19.6 Å². The first-order valence-electron chi connectivity index (χ1n) is 9.66. The van der Waals surface area contributed by atoms with E-state index < -0.39 is 0 Å². The summed E-state index contributed by atoms with van der Waals surface area (Å²) in [6, 6.07) is 14.7. The maximum atomic E-state index is 13.2. The van der Waals surface area contributed by atoms with Crippen molar-refractivity contribution in [1.82, 2.24) is 16.0 Å². The van der Waals surface area contributed by atoms with Crippen molar-refractivity contribution in [3.63, 3.8) is 0 Å². The van der Waals surface area contributed by atoms with Gasteiger partial charge in [0.25, 0.3) is 0 Å². The van der Waals surface area contributed by atoms with Crippen LogP contribution in [-0.4, -0.2) is 31.5 Å². The highest BCUT2D eigenvalue weighted by Gasteiger charge is 2.04. The number of benzene rings is 2. The molecule has 0 aliphatic rings. The molecule has 2 rings (SSSR count). The molecule has 158 valence electrons. The summed E-state index contributed by atoms with van der Waals surface area (Å²) < 4.78 is 13.2. The molecule has 7 heteroatoms. The van der Waals surface area contributed by atoms with Crippen LogP contribution in [0.4, 0.5) is 4.39 Å². The van der Waals surface area contributed by atoms with E-state index in [1.165, 1.54) is 6.07 Å². The molecule has 0 radical (unpaired) electrons. The molecule has 5 nitrogen and oxygen atoms in total. The Morgan fingerprint density at radius 2 is 1.83 bits per heavy atom. The Morgan fingerprint density at radius 1 is 1.07 bits per heavy atom. The zero-order chi connectivity index (χ0) is 20.2. The molecule has 0 unspecified atom stereocenters. The highest BCUT2D eigenvalue weighted by molar-refractivity contribution is 14.0. The number of hydrogen-bond acceptors (Lipinski definition) is 2. The van der Waals surface area contributed by atoms with Crippen LogP contribution >= 0.6 is 24.0 Å². The zero-order valence-corrected chi connectivity index (χ0v) is 19.3. The standard InChI is InChI=1S/C22H29FN4O.HI/c1-3-24-22(25-13-11-19-9-10-20(23)15-17(19)2)26-14-12-21(28)27-16-18-7-5-4-6-8-18;/h4-10,15H,3,11-14,16H2,1-2H3,(H,27,28)(H2,24,25,26);1H. The fraction of sp³-hybridized carbons (Fsp3) is 0.364. The number of amides is 1. The Labute approximate surface area is 189 Å². The SMILES string of the molecule is CCNC(=NCCC(=O)NCc1ccccc1)NCCc1ccc(F)cc1C.I. The van der Waals surface area contributed by atoms with Crippen molar-refractivity contribution in [3.8, 4) is 0 Å². The molecule has 0 saturated carbocycles. The predicted octanol–water partition coefficient (Wildman–Crippen LogP) is 3.56. The van der Waals surface area contributed by atoms with Crippen molar-refractivity contribution < 1.29 is 9.18 Å². The Morgan fingerprint density at radius 3 is 2.52 bits per heavy atom. The van der Waals surface area contributed by atoms with Crippen LogP contribution in [0.2, 0.25) is 0 Å². The molecular formula is C22H30FIN4O. The highest BCUT2D eigenvalue weighted by atomic mass is 127. The fourth-order valence-corrected chi connectivity index (χ4v) is 2.75. The highest BCUT2D eigenvalue weighted by Crippen LogP contribution is 2.10. The van der Waals surface area contributed by atoms with Gasteiger partial charge in [-0.25, -0.2) is 4.39 Å². The number of aryl methyl sites for hydroxylation is 1. The van der Waals surface area contributed by atoms with Crippen LogP contribution in [0.3, 0.4) is 0 Å². The van der Waals surface area contributed by atoms with E-state index >= 15 is 0 Å². The monoisotopic (exact) mass is 512 g/mol. The summed E-state index contributed by atoms with van der Waals surface area (Å²) >= 11 is 0. The average Bonchev–Trinajstić information content (AvgIpc) is 2.69. The first-order chi connectivity index (χ1) is 13.6. The van der Waals surface area contributed by atoms with Gasteiger partial charge in [0.1, 0.15) is 5.82 Å². The smallest absolute Gasteiger partial charge is 0.222 e. The van der Waals surface area contributed by atoms with E-state index in [4.69, 9.17) is 0 Å². The van der Waals surface area contributed by atoms with E-state index in [1.54, 1.807) is 6.07 Å². The van der Waals surface area contributed by atoms with Crippen molar-refractivity contribution in [1.29, 1.82) is 0 Å². The summed E-state index contributed by atoms with van der Waals surface area (Å²) in [5.74, 6) is 0.443. The molecule has 29 heavy (non-hydrogen) atoms. The summed E-state index contributed by atoms with van der Waals surface area (Å²) in [4.78, 5) is 16.4.